The predicted octanol–water partition coefficient (Wildman–Crippen LogP) is 4.14. The zero-order valence-electron chi connectivity index (χ0n) is 20.7. The molecule has 4 rings (SSSR count). The van der Waals surface area contributed by atoms with Crippen molar-refractivity contribution < 1.29 is 9.59 Å². The summed E-state index contributed by atoms with van der Waals surface area (Å²) in [7, 11) is 0. The van der Waals surface area contributed by atoms with E-state index in [2.05, 4.69) is 58.2 Å². The average molecular weight is 491 g/mol. The Morgan fingerprint density at radius 3 is 2.23 bits per heavy atom. The van der Waals surface area contributed by atoms with Gasteiger partial charge in [-0.25, -0.2) is 0 Å². The van der Waals surface area contributed by atoms with Gasteiger partial charge < -0.3 is 10.2 Å². The summed E-state index contributed by atoms with van der Waals surface area (Å²) >= 11 is 1.69. The lowest BCUT2D eigenvalue weighted by Crippen LogP contribution is -2.52. The Labute approximate surface area is 212 Å². The van der Waals surface area contributed by atoms with E-state index in [0.717, 1.165) is 22.4 Å². The van der Waals surface area contributed by atoms with Crippen LogP contribution in [0.25, 0.3) is 0 Å². The Kier molecular flexibility index (Phi) is 8.33. The van der Waals surface area contributed by atoms with Gasteiger partial charge in [-0.2, -0.15) is 0 Å². The standard InChI is InChI=1S/C28H34N4O2S/c1-20-9-11-23(12-10-20)28(24-8-5-17-35-24)29-18-26(34)32-15-13-31(14-16-32)19-25(33)30-27-21(2)6-4-7-22(27)3/h4-12,17,28-29H,13-16,18-19H2,1-3H3,(H,30,33)/t28-/m0/s1. The quantitative estimate of drug-likeness (QED) is 0.498. The smallest absolute Gasteiger partial charge is 0.238 e. The highest BCUT2D eigenvalue weighted by Crippen LogP contribution is 2.26. The van der Waals surface area contributed by atoms with Gasteiger partial charge >= 0.3 is 0 Å². The summed E-state index contributed by atoms with van der Waals surface area (Å²) in [6, 6.07) is 18.6. The first kappa shape index (κ1) is 25.1. The molecule has 0 bridgehead atoms. The Balaban J connectivity index is 1.27. The van der Waals surface area contributed by atoms with Gasteiger partial charge in [-0.3, -0.25) is 19.8 Å². The van der Waals surface area contributed by atoms with E-state index in [0.29, 0.717) is 32.7 Å². The maximum Gasteiger partial charge on any atom is 0.238 e. The molecule has 1 fully saturated rings. The lowest BCUT2D eigenvalue weighted by Gasteiger charge is -2.34. The molecule has 0 radical (unpaired) electrons. The molecule has 2 N–H and O–H groups in total. The van der Waals surface area contributed by atoms with Crippen LogP contribution in [0.15, 0.2) is 60.0 Å². The molecule has 1 aliphatic heterocycles. The van der Waals surface area contributed by atoms with Crippen LogP contribution < -0.4 is 10.6 Å². The molecule has 6 nitrogen and oxygen atoms in total. The molecule has 184 valence electrons. The first-order valence-corrected chi connectivity index (χ1v) is 13.0. The van der Waals surface area contributed by atoms with Crippen LogP contribution in [-0.4, -0.2) is 60.9 Å². The summed E-state index contributed by atoms with van der Waals surface area (Å²) in [6.45, 7) is 9.35. The second-order valence-electron chi connectivity index (χ2n) is 9.21. The lowest BCUT2D eigenvalue weighted by molar-refractivity contribution is -0.132. The Morgan fingerprint density at radius 2 is 1.60 bits per heavy atom. The van der Waals surface area contributed by atoms with Crippen LogP contribution in [0.1, 0.15) is 33.2 Å². The summed E-state index contributed by atoms with van der Waals surface area (Å²) in [5.41, 5.74) is 5.40. The van der Waals surface area contributed by atoms with Crippen LogP contribution in [-0.2, 0) is 9.59 Å². The van der Waals surface area contributed by atoms with E-state index < -0.39 is 0 Å². The summed E-state index contributed by atoms with van der Waals surface area (Å²) in [5, 5.41) is 8.60. The third-order valence-corrected chi connectivity index (χ3v) is 7.47. The first-order valence-electron chi connectivity index (χ1n) is 12.1. The SMILES string of the molecule is Cc1ccc([C@H](NCC(=O)N2CCN(CC(=O)Nc3c(C)cccc3C)CC2)c2cccs2)cc1. The molecule has 2 amide bonds. The molecule has 1 aliphatic rings. The molecule has 1 aromatic heterocycles. The van der Waals surface area contributed by atoms with Gasteiger partial charge in [0.25, 0.3) is 0 Å². The number of carbonyl (C=O) groups excluding carboxylic acids is 2. The van der Waals surface area contributed by atoms with Crippen LogP contribution >= 0.6 is 11.3 Å². The number of nitrogens with one attached hydrogen (secondary N) is 2. The number of benzene rings is 2. The molecule has 1 atom stereocenters. The molecule has 35 heavy (non-hydrogen) atoms. The normalized spacial score (nSPS) is 15.1. The predicted molar refractivity (Wildman–Crippen MR) is 143 cm³/mol. The van der Waals surface area contributed by atoms with Gasteiger partial charge in [-0.05, 0) is 48.9 Å². The topological polar surface area (TPSA) is 64.7 Å². The van der Waals surface area contributed by atoms with Crippen LogP contribution in [0.2, 0.25) is 0 Å². The minimum absolute atomic E-state index is 0.00515. The van der Waals surface area contributed by atoms with E-state index >= 15 is 0 Å². The number of thiophene rings is 1. The van der Waals surface area contributed by atoms with E-state index in [1.807, 2.05) is 43.0 Å². The van der Waals surface area contributed by atoms with Gasteiger partial charge in [0.1, 0.15) is 0 Å². The average Bonchev–Trinajstić information content (AvgIpc) is 3.38. The minimum atomic E-state index is -0.0132. The number of hydrogen-bond donors (Lipinski definition) is 2. The highest BCUT2D eigenvalue weighted by Gasteiger charge is 2.24. The third-order valence-electron chi connectivity index (χ3n) is 6.53. The first-order chi connectivity index (χ1) is 16.9. The number of piperazine rings is 1. The second-order valence-corrected chi connectivity index (χ2v) is 10.2. The lowest BCUT2D eigenvalue weighted by atomic mass is 10.0. The molecular weight excluding hydrogens is 456 g/mol. The van der Waals surface area contributed by atoms with Gasteiger partial charge in [0.2, 0.25) is 11.8 Å². The monoisotopic (exact) mass is 490 g/mol. The van der Waals surface area contributed by atoms with E-state index in [1.54, 1.807) is 11.3 Å². The van der Waals surface area contributed by atoms with E-state index in [-0.39, 0.29) is 24.4 Å². The third kappa shape index (κ3) is 6.57. The maximum absolute atomic E-state index is 13.0. The summed E-state index contributed by atoms with van der Waals surface area (Å²) < 4.78 is 0. The fourth-order valence-corrected chi connectivity index (χ4v) is 5.27. The number of anilines is 1. The van der Waals surface area contributed by atoms with Gasteiger partial charge in [-0.15, -0.1) is 11.3 Å². The van der Waals surface area contributed by atoms with Crippen LogP contribution in [0.3, 0.4) is 0 Å². The van der Waals surface area contributed by atoms with Crippen molar-refractivity contribution in [2.45, 2.75) is 26.8 Å². The largest absolute Gasteiger partial charge is 0.339 e. The zero-order chi connectivity index (χ0) is 24.8. The van der Waals surface area contributed by atoms with Crippen molar-refractivity contribution in [2.75, 3.05) is 44.6 Å². The van der Waals surface area contributed by atoms with Gasteiger partial charge in [0, 0.05) is 36.7 Å². The zero-order valence-corrected chi connectivity index (χ0v) is 21.5. The fourth-order valence-electron chi connectivity index (χ4n) is 4.45. The van der Waals surface area contributed by atoms with Crippen molar-refractivity contribution in [1.82, 2.24) is 15.1 Å². The molecule has 2 heterocycles. The van der Waals surface area contributed by atoms with E-state index in [4.69, 9.17) is 0 Å². The van der Waals surface area contributed by atoms with Crippen molar-refractivity contribution in [3.8, 4) is 0 Å². The molecule has 0 spiro atoms. The van der Waals surface area contributed by atoms with Crippen molar-refractivity contribution in [2.24, 2.45) is 0 Å². The van der Waals surface area contributed by atoms with Crippen LogP contribution in [0.5, 0.6) is 0 Å². The Morgan fingerprint density at radius 1 is 0.914 bits per heavy atom. The van der Waals surface area contributed by atoms with E-state index in [1.165, 1.54) is 10.4 Å². The van der Waals surface area contributed by atoms with Gasteiger partial charge in [0.05, 0.1) is 19.1 Å². The number of carbonyl (C=O) groups is 2. The molecule has 3 aromatic rings. The second kappa shape index (κ2) is 11.6. The molecular formula is C28H34N4O2S. The summed E-state index contributed by atoms with van der Waals surface area (Å²) in [4.78, 5) is 30.8. The highest BCUT2D eigenvalue weighted by atomic mass is 32.1. The molecule has 0 aliphatic carbocycles. The van der Waals surface area contributed by atoms with E-state index in [9.17, 15) is 9.59 Å². The Hall–Kier alpha value is -3.00. The molecule has 0 saturated carbocycles. The van der Waals surface area contributed by atoms with Crippen LogP contribution in [0.4, 0.5) is 5.69 Å². The van der Waals surface area contributed by atoms with Crippen LogP contribution in [0, 0.1) is 20.8 Å². The van der Waals surface area contributed by atoms with Crippen molar-refractivity contribution in [1.29, 1.82) is 0 Å². The molecule has 0 unspecified atom stereocenters. The number of aryl methyl sites for hydroxylation is 3. The molecule has 7 heteroatoms. The molecule has 2 aromatic carbocycles. The number of para-hydroxylation sites is 1. The number of amides is 2. The minimum Gasteiger partial charge on any atom is -0.339 e. The molecule has 1 saturated heterocycles. The van der Waals surface area contributed by atoms with Gasteiger partial charge in [0.15, 0.2) is 0 Å². The van der Waals surface area contributed by atoms with Gasteiger partial charge in [-0.1, -0.05) is 54.1 Å². The Bertz CT molecular complexity index is 1120. The maximum atomic E-state index is 13.0. The number of nitrogens with zero attached hydrogens (tertiary/aromatic N) is 2. The number of rotatable bonds is 8. The summed E-state index contributed by atoms with van der Waals surface area (Å²) in [6.07, 6.45) is 0. The van der Waals surface area contributed by atoms with Crippen molar-refractivity contribution >= 4 is 28.8 Å². The highest BCUT2D eigenvalue weighted by molar-refractivity contribution is 7.10. The fraction of sp³-hybridized carbons (Fsp3) is 0.357. The summed E-state index contributed by atoms with van der Waals surface area (Å²) in [5.74, 6) is 0.0824. The number of hydrogen-bond acceptors (Lipinski definition) is 5. The van der Waals surface area contributed by atoms with Crippen molar-refractivity contribution in [3.05, 3.63) is 87.1 Å². The van der Waals surface area contributed by atoms with Crippen molar-refractivity contribution in [3.63, 3.8) is 0 Å².